The molecule has 1 nitrogen and oxygen atoms in total. The lowest BCUT2D eigenvalue weighted by molar-refractivity contribution is 0.0638. The molecule has 14 heavy (non-hydrogen) atoms. The Bertz CT molecular complexity index is 190. The predicted molar refractivity (Wildman–Crippen MR) is 61.4 cm³/mol. The van der Waals surface area contributed by atoms with Crippen LogP contribution >= 0.6 is 0 Å². The summed E-state index contributed by atoms with van der Waals surface area (Å²) in [4.78, 5) is 0. The van der Waals surface area contributed by atoms with E-state index in [1.807, 2.05) is 0 Å². The molecule has 1 saturated heterocycles. The highest BCUT2D eigenvalue weighted by Crippen LogP contribution is 2.42. The van der Waals surface area contributed by atoms with Crippen LogP contribution in [0.15, 0.2) is 0 Å². The largest absolute Gasteiger partial charge is 0.378 e. The monoisotopic (exact) mass is 198 g/mol. The summed E-state index contributed by atoms with van der Waals surface area (Å²) >= 11 is 0. The average Bonchev–Trinajstić information content (AvgIpc) is 2.29. The first kappa shape index (κ1) is 12.0. The zero-order valence-electron chi connectivity index (χ0n) is 10.7. The SMILES string of the molecule is CC(C)[C@@]1(C)CO[C@@H](CC(C)(C)C)C1. The molecule has 1 fully saturated rings. The van der Waals surface area contributed by atoms with Gasteiger partial charge in [0.05, 0.1) is 12.7 Å². The molecule has 0 bridgehead atoms. The third-order valence-corrected chi connectivity index (χ3v) is 3.58. The van der Waals surface area contributed by atoms with Crippen LogP contribution in [0.1, 0.15) is 54.4 Å². The second kappa shape index (κ2) is 3.84. The van der Waals surface area contributed by atoms with E-state index in [4.69, 9.17) is 4.74 Å². The average molecular weight is 198 g/mol. The molecule has 0 aliphatic carbocycles. The summed E-state index contributed by atoms with van der Waals surface area (Å²) in [6.45, 7) is 14.8. The molecule has 0 amide bonds. The maximum atomic E-state index is 5.91. The van der Waals surface area contributed by atoms with E-state index >= 15 is 0 Å². The van der Waals surface area contributed by atoms with Crippen molar-refractivity contribution >= 4 is 0 Å². The van der Waals surface area contributed by atoms with Gasteiger partial charge in [-0.25, -0.2) is 0 Å². The van der Waals surface area contributed by atoms with E-state index in [2.05, 4.69) is 41.5 Å². The van der Waals surface area contributed by atoms with Gasteiger partial charge in [-0.05, 0) is 29.6 Å². The molecule has 0 aromatic heterocycles. The van der Waals surface area contributed by atoms with Gasteiger partial charge in [0.25, 0.3) is 0 Å². The summed E-state index contributed by atoms with van der Waals surface area (Å²) in [7, 11) is 0. The van der Waals surface area contributed by atoms with Crippen molar-refractivity contribution in [2.45, 2.75) is 60.5 Å². The molecule has 1 rings (SSSR count). The molecule has 0 aromatic carbocycles. The zero-order valence-corrected chi connectivity index (χ0v) is 10.7. The smallest absolute Gasteiger partial charge is 0.0586 e. The first-order valence-corrected chi connectivity index (χ1v) is 5.84. The lowest BCUT2D eigenvalue weighted by Gasteiger charge is -2.27. The highest BCUT2D eigenvalue weighted by Gasteiger charge is 2.39. The molecule has 0 spiro atoms. The van der Waals surface area contributed by atoms with Gasteiger partial charge in [-0.3, -0.25) is 0 Å². The fraction of sp³-hybridized carbons (Fsp3) is 1.00. The van der Waals surface area contributed by atoms with Crippen molar-refractivity contribution in [3.05, 3.63) is 0 Å². The summed E-state index contributed by atoms with van der Waals surface area (Å²) in [6, 6.07) is 0. The van der Waals surface area contributed by atoms with Crippen molar-refractivity contribution in [3.8, 4) is 0 Å². The molecule has 2 atom stereocenters. The summed E-state index contributed by atoms with van der Waals surface area (Å²) < 4.78 is 5.91. The van der Waals surface area contributed by atoms with Crippen LogP contribution in [0, 0.1) is 16.7 Å². The number of rotatable bonds is 2. The number of hydrogen-bond donors (Lipinski definition) is 0. The summed E-state index contributed by atoms with van der Waals surface area (Å²) in [5, 5.41) is 0. The molecule has 0 saturated carbocycles. The molecule has 0 aromatic rings. The number of hydrogen-bond acceptors (Lipinski definition) is 1. The lowest BCUT2D eigenvalue weighted by Crippen LogP contribution is -2.24. The standard InChI is InChI=1S/C13H26O/c1-10(2)13(6)8-11(14-9-13)7-12(3,4)5/h10-11H,7-9H2,1-6H3/t11-,13+/m0/s1. The van der Waals surface area contributed by atoms with Gasteiger partial charge in [0.15, 0.2) is 0 Å². The minimum Gasteiger partial charge on any atom is -0.378 e. The summed E-state index contributed by atoms with van der Waals surface area (Å²) in [6.07, 6.45) is 2.92. The highest BCUT2D eigenvalue weighted by molar-refractivity contribution is 4.88. The Morgan fingerprint density at radius 2 is 1.93 bits per heavy atom. The summed E-state index contributed by atoms with van der Waals surface area (Å²) in [5.41, 5.74) is 0.808. The Morgan fingerprint density at radius 3 is 2.29 bits per heavy atom. The Labute approximate surface area is 89.2 Å². The van der Waals surface area contributed by atoms with E-state index in [1.54, 1.807) is 0 Å². The van der Waals surface area contributed by atoms with E-state index in [9.17, 15) is 0 Å². The molecular weight excluding hydrogens is 172 g/mol. The molecule has 0 unspecified atom stereocenters. The van der Waals surface area contributed by atoms with Crippen molar-refractivity contribution < 1.29 is 4.74 Å². The maximum absolute atomic E-state index is 5.91. The minimum atomic E-state index is 0.396. The third-order valence-electron chi connectivity index (χ3n) is 3.58. The second-order valence-corrected chi connectivity index (χ2v) is 6.71. The fourth-order valence-corrected chi connectivity index (χ4v) is 2.16. The van der Waals surface area contributed by atoms with Crippen LogP contribution in [0.2, 0.25) is 0 Å². The Hall–Kier alpha value is -0.0400. The van der Waals surface area contributed by atoms with Crippen molar-refractivity contribution in [2.24, 2.45) is 16.7 Å². The van der Waals surface area contributed by atoms with Crippen LogP contribution in [0.25, 0.3) is 0 Å². The van der Waals surface area contributed by atoms with Gasteiger partial charge in [0, 0.05) is 0 Å². The van der Waals surface area contributed by atoms with E-state index < -0.39 is 0 Å². The van der Waals surface area contributed by atoms with Gasteiger partial charge in [-0.15, -0.1) is 0 Å². The highest BCUT2D eigenvalue weighted by atomic mass is 16.5. The van der Waals surface area contributed by atoms with E-state index in [0.29, 0.717) is 16.9 Å². The zero-order chi connectivity index (χ0) is 11.0. The van der Waals surface area contributed by atoms with Crippen molar-refractivity contribution in [1.29, 1.82) is 0 Å². The van der Waals surface area contributed by atoms with Gasteiger partial charge in [0.2, 0.25) is 0 Å². The van der Waals surface area contributed by atoms with Gasteiger partial charge in [-0.2, -0.15) is 0 Å². The maximum Gasteiger partial charge on any atom is 0.0586 e. The van der Waals surface area contributed by atoms with Crippen molar-refractivity contribution in [3.63, 3.8) is 0 Å². The molecule has 1 aliphatic rings. The molecule has 0 radical (unpaired) electrons. The van der Waals surface area contributed by atoms with Crippen LogP contribution in [-0.2, 0) is 4.74 Å². The van der Waals surface area contributed by atoms with Crippen molar-refractivity contribution in [1.82, 2.24) is 0 Å². The first-order chi connectivity index (χ1) is 6.23. The van der Waals surface area contributed by atoms with Gasteiger partial charge < -0.3 is 4.74 Å². The van der Waals surface area contributed by atoms with E-state index in [1.165, 1.54) is 12.8 Å². The lowest BCUT2D eigenvalue weighted by atomic mass is 9.75. The summed E-state index contributed by atoms with van der Waals surface area (Å²) in [5.74, 6) is 0.729. The quantitative estimate of drug-likeness (QED) is 0.654. The fourth-order valence-electron chi connectivity index (χ4n) is 2.16. The van der Waals surface area contributed by atoms with Crippen molar-refractivity contribution in [2.75, 3.05) is 6.61 Å². The third kappa shape index (κ3) is 2.98. The molecule has 0 N–H and O–H groups in total. The van der Waals surface area contributed by atoms with Crippen LogP contribution < -0.4 is 0 Å². The molecule has 1 aliphatic heterocycles. The van der Waals surface area contributed by atoms with Gasteiger partial charge >= 0.3 is 0 Å². The molecule has 1 heteroatoms. The molecular formula is C13H26O. The number of ether oxygens (including phenoxy) is 1. The molecule has 84 valence electrons. The van der Waals surface area contributed by atoms with Gasteiger partial charge in [-0.1, -0.05) is 41.5 Å². The van der Waals surface area contributed by atoms with E-state index in [0.717, 1.165) is 12.5 Å². The van der Waals surface area contributed by atoms with Crippen LogP contribution in [0.4, 0.5) is 0 Å². The predicted octanol–water partition coefficient (Wildman–Crippen LogP) is 3.87. The Balaban J connectivity index is 2.49. The Kier molecular flexibility index (Phi) is 3.30. The van der Waals surface area contributed by atoms with Crippen LogP contribution in [0.5, 0.6) is 0 Å². The van der Waals surface area contributed by atoms with Crippen LogP contribution in [0.3, 0.4) is 0 Å². The minimum absolute atomic E-state index is 0.396. The first-order valence-electron chi connectivity index (χ1n) is 5.84. The topological polar surface area (TPSA) is 9.23 Å². The van der Waals surface area contributed by atoms with E-state index in [-0.39, 0.29) is 0 Å². The normalized spacial score (nSPS) is 34.1. The Morgan fingerprint density at radius 1 is 1.36 bits per heavy atom. The second-order valence-electron chi connectivity index (χ2n) is 6.71. The van der Waals surface area contributed by atoms with Gasteiger partial charge in [0.1, 0.15) is 0 Å². The van der Waals surface area contributed by atoms with Crippen LogP contribution in [-0.4, -0.2) is 12.7 Å². The molecule has 1 heterocycles.